The van der Waals surface area contributed by atoms with Crippen molar-refractivity contribution >= 4 is 24.3 Å². The average molecular weight is 203 g/mol. The standard InChI is InChI=1S/C12H17NSi/c1-9-5-6-11-10(7-9)8-12(13-11)14(2,3)4/h5-8,13H,1-4H3. The van der Waals surface area contributed by atoms with Crippen LogP contribution in [0, 0.1) is 6.92 Å². The van der Waals surface area contributed by atoms with Gasteiger partial charge in [-0.1, -0.05) is 31.3 Å². The van der Waals surface area contributed by atoms with Gasteiger partial charge in [0.2, 0.25) is 0 Å². The Kier molecular flexibility index (Phi) is 2.03. The molecule has 0 saturated heterocycles. The van der Waals surface area contributed by atoms with Gasteiger partial charge in [-0.3, -0.25) is 0 Å². The maximum Gasteiger partial charge on any atom is 0.0982 e. The van der Waals surface area contributed by atoms with E-state index >= 15 is 0 Å². The first-order chi connectivity index (χ1) is 6.47. The Morgan fingerprint density at radius 3 is 2.43 bits per heavy atom. The molecule has 1 heterocycles. The van der Waals surface area contributed by atoms with Crippen molar-refractivity contribution in [3.63, 3.8) is 0 Å². The maximum atomic E-state index is 3.52. The van der Waals surface area contributed by atoms with Crippen molar-refractivity contribution in [1.29, 1.82) is 0 Å². The summed E-state index contributed by atoms with van der Waals surface area (Å²) in [5, 5.41) is 2.79. The van der Waals surface area contributed by atoms with Gasteiger partial charge < -0.3 is 4.98 Å². The van der Waals surface area contributed by atoms with Crippen LogP contribution in [0.2, 0.25) is 19.6 Å². The highest BCUT2D eigenvalue weighted by molar-refractivity contribution is 6.88. The lowest BCUT2D eigenvalue weighted by molar-refractivity contribution is 1.47. The molecule has 1 aromatic carbocycles. The minimum absolute atomic E-state index is 1.19. The van der Waals surface area contributed by atoms with Crippen LogP contribution in [0.15, 0.2) is 24.3 Å². The number of benzene rings is 1. The van der Waals surface area contributed by atoms with Crippen molar-refractivity contribution in [2.75, 3.05) is 0 Å². The SMILES string of the molecule is Cc1ccc2[nH]c([Si](C)(C)C)cc2c1. The highest BCUT2D eigenvalue weighted by Gasteiger charge is 2.18. The fraction of sp³-hybridized carbons (Fsp3) is 0.333. The summed E-state index contributed by atoms with van der Waals surface area (Å²) in [5.41, 5.74) is 2.60. The Bertz CT molecular complexity index is 463. The van der Waals surface area contributed by atoms with E-state index in [1.165, 1.54) is 21.8 Å². The van der Waals surface area contributed by atoms with Crippen molar-refractivity contribution in [2.24, 2.45) is 0 Å². The molecule has 1 N–H and O–H groups in total. The highest BCUT2D eigenvalue weighted by Crippen LogP contribution is 2.15. The third kappa shape index (κ3) is 1.62. The molecule has 0 aliphatic heterocycles. The molecule has 0 atom stereocenters. The summed E-state index contributed by atoms with van der Waals surface area (Å²) >= 11 is 0. The molecule has 0 amide bonds. The van der Waals surface area contributed by atoms with Crippen molar-refractivity contribution in [3.8, 4) is 0 Å². The van der Waals surface area contributed by atoms with Crippen LogP contribution in [0.25, 0.3) is 10.9 Å². The largest absolute Gasteiger partial charge is 0.362 e. The van der Waals surface area contributed by atoms with Crippen molar-refractivity contribution in [2.45, 2.75) is 26.6 Å². The number of aryl methyl sites for hydroxylation is 1. The molecular formula is C12H17NSi. The smallest absolute Gasteiger partial charge is 0.0982 e. The summed E-state index contributed by atoms with van der Waals surface area (Å²) in [6.45, 7) is 9.24. The summed E-state index contributed by atoms with van der Waals surface area (Å²) in [5.74, 6) is 0. The van der Waals surface area contributed by atoms with Gasteiger partial charge in [0.1, 0.15) is 0 Å². The number of fused-ring (bicyclic) bond motifs is 1. The van der Waals surface area contributed by atoms with E-state index in [2.05, 4.69) is 55.8 Å². The summed E-state index contributed by atoms with van der Waals surface area (Å²) in [6.07, 6.45) is 0. The van der Waals surface area contributed by atoms with E-state index in [0.717, 1.165) is 0 Å². The fourth-order valence-corrected chi connectivity index (χ4v) is 2.75. The number of rotatable bonds is 1. The first kappa shape index (κ1) is 9.53. The van der Waals surface area contributed by atoms with E-state index in [0.29, 0.717) is 0 Å². The monoisotopic (exact) mass is 203 g/mol. The van der Waals surface area contributed by atoms with Gasteiger partial charge in [-0.05, 0) is 35.8 Å². The van der Waals surface area contributed by atoms with Crippen LogP contribution in [-0.2, 0) is 0 Å². The van der Waals surface area contributed by atoms with Crippen LogP contribution in [0.4, 0.5) is 0 Å². The lowest BCUT2D eigenvalue weighted by atomic mass is 10.2. The first-order valence-corrected chi connectivity index (χ1v) is 8.57. The number of hydrogen-bond acceptors (Lipinski definition) is 0. The Morgan fingerprint density at radius 2 is 1.79 bits per heavy atom. The van der Waals surface area contributed by atoms with Crippen LogP contribution in [0.1, 0.15) is 5.56 Å². The Labute approximate surface area is 86.2 Å². The maximum absolute atomic E-state index is 3.52. The van der Waals surface area contributed by atoms with E-state index in [1.54, 1.807) is 0 Å². The fourth-order valence-electron chi connectivity index (χ4n) is 1.66. The number of hydrogen-bond donors (Lipinski definition) is 1. The number of aromatic amines is 1. The van der Waals surface area contributed by atoms with E-state index in [1.807, 2.05) is 0 Å². The third-order valence-corrected chi connectivity index (χ3v) is 4.47. The number of H-pyrrole nitrogens is 1. The Balaban J connectivity index is 2.63. The Hall–Kier alpha value is -1.02. The van der Waals surface area contributed by atoms with Crippen molar-refractivity contribution < 1.29 is 0 Å². The van der Waals surface area contributed by atoms with E-state index in [-0.39, 0.29) is 0 Å². The molecule has 0 fully saturated rings. The molecule has 74 valence electrons. The molecule has 0 saturated carbocycles. The second-order valence-corrected chi connectivity index (χ2v) is 10.1. The quantitative estimate of drug-likeness (QED) is 0.686. The van der Waals surface area contributed by atoms with Crippen LogP contribution in [-0.4, -0.2) is 13.1 Å². The Morgan fingerprint density at radius 1 is 1.07 bits per heavy atom. The molecule has 0 aliphatic carbocycles. The number of aromatic nitrogens is 1. The van der Waals surface area contributed by atoms with Gasteiger partial charge in [0.05, 0.1) is 8.07 Å². The van der Waals surface area contributed by atoms with Crippen molar-refractivity contribution in [1.82, 2.24) is 4.98 Å². The molecule has 0 aliphatic rings. The van der Waals surface area contributed by atoms with Crippen LogP contribution >= 0.6 is 0 Å². The van der Waals surface area contributed by atoms with Crippen LogP contribution in [0.3, 0.4) is 0 Å². The minimum atomic E-state index is -1.19. The van der Waals surface area contributed by atoms with Gasteiger partial charge >= 0.3 is 0 Å². The molecule has 14 heavy (non-hydrogen) atoms. The van der Waals surface area contributed by atoms with Gasteiger partial charge in [0.25, 0.3) is 0 Å². The zero-order valence-corrected chi connectivity index (χ0v) is 10.3. The summed E-state index contributed by atoms with van der Waals surface area (Å²) in [7, 11) is -1.19. The molecule has 2 heteroatoms. The summed E-state index contributed by atoms with van der Waals surface area (Å²) < 4.78 is 0. The predicted molar refractivity (Wildman–Crippen MR) is 66.0 cm³/mol. The lowest BCUT2D eigenvalue weighted by Crippen LogP contribution is -2.38. The molecule has 1 nitrogen and oxygen atoms in total. The number of nitrogens with one attached hydrogen (secondary N) is 1. The summed E-state index contributed by atoms with van der Waals surface area (Å²) in [4.78, 5) is 3.52. The van der Waals surface area contributed by atoms with E-state index < -0.39 is 8.07 Å². The van der Waals surface area contributed by atoms with Gasteiger partial charge in [-0.25, -0.2) is 0 Å². The second kappa shape index (κ2) is 2.99. The topological polar surface area (TPSA) is 15.8 Å². The molecule has 2 aromatic rings. The third-order valence-electron chi connectivity index (χ3n) is 2.58. The molecule has 2 rings (SSSR count). The zero-order valence-electron chi connectivity index (χ0n) is 9.31. The lowest BCUT2D eigenvalue weighted by Gasteiger charge is -2.12. The highest BCUT2D eigenvalue weighted by atomic mass is 28.3. The van der Waals surface area contributed by atoms with E-state index in [9.17, 15) is 0 Å². The molecule has 0 spiro atoms. The predicted octanol–water partition coefficient (Wildman–Crippen LogP) is 3.02. The van der Waals surface area contributed by atoms with Gasteiger partial charge in [0.15, 0.2) is 0 Å². The molecule has 0 unspecified atom stereocenters. The molecule has 0 bridgehead atoms. The van der Waals surface area contributed by atoms with Gasteiger partial charge in [0, 0.05) is 5.52 Å². The average Bonchev–Trinajstić information content (AvgIpc) is 2.45. The first-order valence-electron chi connectivity index (χ1n) is 5.07. The molecule has 1 aromatic heterocycles. The van der Waals surface area contributed by atoms with Crippen LogP contribution in [0.5, 0.6) is 0 Å². The summed E-state index contributed by atoms with van der Waals surface area (Å²) in [6, 6.07) is 8.89. The second-order valence-electron chi connectivity index (χ2n) is 5.02. The van der Waals surface area contributed by atoms with Gasteiger partial charge in [-0.15, -0.1) is 0 Å². The minimum Gasteiger partial charge on any atom is -0.362 e. The van der Waals surface area contributed by atoms with E-state index in [4.69, 9.17) is 0 Å². The normalized spacial score (nSPS) is 12.3. The molecular weight excluding hydrogens is 186 g/mol. The molecule has 0 radical (unpaired) electrons. The van der Waals surface area contributed by atoms with Gasteiger partial charge in [-0.2, -0.15) is 0 Å². The van der Waals surface area contributed by atoms with Crippen molar-refractivity contribution in [3.05, 3.63) is 29.8 Å². The zero-order chi connectivity index (χ0) is 10.3. The van der Waals surface area contributed by atoms with Crippen LogP contribution < -0.4 is 5.32 Å².